The van der Waals surface area contributed by atoms with Gasteiger partial charge in [0.15, 0.2) is 10.8 Å². The van der Waals surface area contributed by atoms with Crippen molar-refractivity contribution in [1.29, 1.82) is 0 Å². The lowest BCUT2D eigenvalue weighted by Gasteiger charge is -2.06. The van der Waals surface area contributed by atoms with Gasteiger partial charge in [-0.3, -0.25) is 4.57 Å². The maximum absolute atomic E-state index is 5.99. The first-order valence-electron chi connectivity index (χ1n) is 5.39. The van der Waals surface area contributed by atoms with Crippen molar-refractivity contribution in [1.82, 2.24) is 19.5 Å². The predicted molar refractivity (Wildman–Crippen MR) is 73.2 cm³/mol. The Morgan fingerprint density at radius 1 is 1.21 bits per heavy atom. The molecule has 0 atom stereocenters. The first-order valence-corrected chi connectivity index (χ1v) is 6.15. The maximum Gasteiger partial charge on any atom is 0.225 e. The number of fused-ring (bicyclic) bond motifs is 1. The zero-order valence-electron chi connectivity index (χ0n) is 9.84. The summed E-state index contributed by atoms with van der Waals surface area (Å²) < 4.78 is 6.97. The molecule has 0 saturated carbocycles. The molecule has 0 fully saturated rings. The lowest BCUT2D eigenvalue weighted by Crippen LogP contribution is -1.96. The van der Waals surface area contributed by atoms with Gasteiger partial charge < -0.3 is 4.74 Å². The van der Waals surface area contributed by atoms with Crippen molar-refractivity contribution in [2.24, 2.45) is 0 Å². The van der Waals surface area contributed by atoms with Crippen molar-refractivity contribution in [3.05, 3.63) is 41.0 Å². The summed E-state index contributed by atoms with van der Waals surface area (Å²) >= 11 is 11.8. The van der Waals surface area contributed by atoms with Crippen LogP contribution < -0.4 is 4.74 Å². The van der Waals surface area contributed by atoms with Crippen LogP contribution in [-0.4, -0.2) is 26.6 Å². The van der Waals surface area contributed by atoms with E-state index in [1.165, 1.54) is 0 Å². The van der Waals surface area contributed by atoms with Gasteiger partial charge in [-0.25, -0.2) is 9.97 Å². The van der Waals surface area contributed by atoms with Crippen LogP contribution in [0.25, 0.3) is 16.9 Å². The first-order chi connectivity index (χ1) is 9.19. The number of rotatable bonds is 2. The van der Waals surface area contributed by atoms with Gasteiger partial charge in [0, 0.05) is 6.07 Å². The molecular formula is C12H8Cl2N4O. The molecule has 96 valence electrons. The van der Waals surface area contributed by atoms with E-state index in [0.29, 0.717) is 11.2 Å². The molecular weight excluding hydrogens is 287 g/mol. The van der Waals surface area contributed by atoms with Crippen LogP contribution >= 0.6 is 23.2 Å². The van der Waals surface area contributed by atoms with Crippen molar-refractivity contribution in [3.8, 4) is 11.4 Å². The molecule has 3 aromatic rings. The molecule has 19 heavy (non-hydrogen) atoms. The number of benzene rings is 1. The number of halogens is 2. The van der Waals surface area contributed by atoms with E-state index in [0.717, 1.165) is 11.4 Å². The highest BCUT2D eigenvalue weighted by atomic mass is 35.5. The van der Waals surface area contributed by atoms with Crippen LogP contribution in [0.4, 0.5) is 0 Å². The molecule has 0 aliphatic rings. The van der Waals surface area contributed by atoms with Crippen LogP contribution in [0.15, 0.2) is 30.6 Å². The highest BCUT2D eigenvalue weighted by Crippen LogP contribution is 2.24. The number of methoxy groups -OCH3 is 1. The van der Waals surface area contributed by atoms with Gasteiger partial charge in [0.1, 0.15) is 17.6 Å². The highest BCUT2D eigenvalue weighted by Gasteiger charge is 2.12. The van der Waals surface area contributed by atoms with E-state index in [2.05, 4.69) is 15.0 Å². The SMILES string of the molecule is COc1cccc(-n2cnc3c(Cl)nc(Cl)nc32)c1. The van der Waals surface area contributed by atoms with Gasteiger partial charge >= 0.3 is 0 Å². The Kier molecular flexibility index (Phi) is 3.00. The second-order valence-corrected chi connectivity index (χ2v) is 4.47. The van der Waals surface area contributed by atoms with E-state index in [1.807, 2.05) is 24.3 Å². The topological polar surface area (TPSA) is 52.8 Å². The summed E-state index contributed by atoms with van der Waals surface area (Å²) in [7, 11) is 1.61. The summed E-state index contributed by atoms with van der Waals surface area (Å²) in [4.78, 5) is 12.2. The lowest BCUT2D eigenvalue weighted by atomic mass is 10.3. The van der Waals surface area contributed by atoms with Crippen molar-refractivity contribution in [2.75, 3.05) is 7.11 Å². The summed E-state index contributed by atoms with van der Waals surface area (Å²) in [6, 6.07) is 7.51. The fourth-order valence-corrected chi connectivity index (χ4v) is 2.21. The Morgan fingerprint density at radius 2 is 2.05 bits per heavy atom. The van der Waals surface area contributed by atoms with Crippen molar-refractivity contribution < 1.29 is 4.74 Å². The number of ether oxygens (including phenoxy) is 1. The van der Waals surface area contributed by atoms with E-state index in [-0.39, 0.29) is 10.4 Å². The Labute approximate surface area is 118 Å². The number of aromatic nitrogens is 4. The van der Waals surface area contributed by atoms with Crippen molar-refractivity contribution in [2.45, 2.75) is 0 Å². The van der Waals surface area contributed by atoms with Crippen LogP contribution in [-0.2, 0) is 0 Å². The van der Waals surface area contributed by atoms with Gasteiger partial charge in [0.25, 0.3) is 0 Å². The van der Waals surface area contributed by atoms with Crippen LogP contribution in [0.2, 0.25) is 10.4 Å². The minimum atomic E-state index is 0.0853. The number of hydrogen-bond acceptors (Lipinski definition) is 4. The van der Waals surface area contributed by atoms with E-state index in [4.69, 9.17) is 27.9 Å². The van der Waals surface area contributed by atoms with E-state index < -0.39 is 0 Å². The molecule has 3 rings (SSSR count). The lowest BCUT2D eigenvalue weighted by molar-refractivity contribution is 0.414. The molecule has 0 saturated heterocycles. The quantitative estimate of drug-likeness (QED) is 0.538. The Hall–Kier alpha value is -1.85. The van der Waals surface area contributed by atoms with Crippen LogP contribution in [0, 0.1) is 0 Å². The van der Waals surface area contributed by atoms with Gasteiger partial charge in [-0.15, -0.1) is 0 Å². The standard InChI is InChI=1S/C12H8Cl2N4O/c1-19-8-4-2-3-7(5-8)18-6-15-9-10(13)16-12(14)17-11(9)18/h2-6H,1H3. The minimum absolute atomic E-state index is 0.0853. The second kappa shape index (κ2) is 4.68. The molecule has 0 bridgehead atoms. The molecule has 0 aliphatic heterocycles. The molecule has 0 spiro atoms. The summed E-state index contributed by atoms with van der Waals surface area (Å²) in [6.45, 7) is 0. The number of imidazole rings is 1. The van der Waals surface area contributed by atoms with Crippen LogP contribution in [0.1, 0.15) is 0 Å². The third kappa shape index (κ3) is 2.11. The largest absolute Gasteiger partial charge is 0.497 e. The minimum Gasteiger partial charge on any atom is -0.497 e. The molecule has 0 radical (unpaired) electrons. The Bertz CT molecular complexity index is 757. The molecule has 7 heteroatoms. The van der Waals surface area contributed by atoms with Crippen molar-refractivity contribution in [3.63, 3.8) is 0 Å². The molecule has 5 nitrogen and oxygen atoms in total. The van der Waals surface area contributed by atoms with E-state index in [1.54, 1.807) is 18.0 Å². The highest BCUT2D eigenvalue weighted by molar-refractivity contribution is 6.35. The zero-order valence-corrected chi connectivity index (χ0v) is 11.4. The number of hydrogen-bond donors (Lipinski definition) is 0. The van der Waals surface area contributed by atoms with Gasteiger partial charge in [0.05, 0.1) is 12.8 Å². The predicted octanol–water partition coefficient (Wildman–Crippen LogP) is 3.13. The van der Waals surface area contributed by atoms with E-state index in [9.17, 15) is 0 Å². The summed E-state index contributed by atoms with van der Waals surface area (Å²) in [5.74, 6) is 0.741. The van der Waals surface area contributed by atoms with Crippen LogP contribution in [0.3, 0.4) is 0 Å². The van der Waals surface area contributed by atoms with E-state index >= 15 is 0 Å². The Morgan fingerprint density at radius 3 is 2.84 bits per heavy atom. The molecule has 0 aliphatic carbocycles. The smallest absolute Gasteiger partial charge is 0.225 e. The van der Waals surface area contributed by atoms with Gasteiger partial charge in [-0.1, -0.05) is 17.7 Å². The molecule has 2 heterocycles. The van der Waals surface area contributed by atoms with Crippen LogP contribution in [0.5, 0.6) is 5.75 Å². The molecule has 0 unspecified atom stereocenters. The molecule has 0 amide bonds. The maximum atomic E-state index is 5.99. The normalized spacial score (nSPS) is 10.9. The monoisotopic (exact) mass is 294 g/mol. The average molecular weight is 295 g/mol. The molecule has 2 aromatic heterocycles. The van der Waals surface area contributed by atoms with Gasteiger partial charge in [-0.05, 0) is 23.7 Å². The fourth-order valence-electron chi connectivity index (χ4n) is 1.79. The fraction of sp³-hybridized carbons (Fsp3) is 0.0833. The second-order valence-electron chi connectivity index (χ2n) is 3.77. The number of nitrogens with zero attached hydrogens (tertiary/aromatic N) is 4. The zero-order chi connectivity index (χ0) is 13.4. The third-order valence-electron chi connectivity index (χ3n) is 2.66. The van der Waals surface area contributed by atoms with Gasteiger partial charge in [-0.2, -0.15) is 4.98 Å². The van der Waals surface area contributed by atoms with Gasteiger partial charge in [0.2, 0.25) is 5.28 Å². The Balaban J connectivity index is 2.25. The first kappa shape index (κ1) is 12.2. The molecule has 1 aromatic carbocycles. The summed E-state index contributed by atoms with van der Waals surface area (Å²) in [5, 5.41) is 0.318. The summed E-state index contributed by atoms with van der Waals surface area (Å²) in [5.41, 5.74) is 1.92. The van der Waals surface area contributed by atoms with Crippen molar-refractivity contribution >= 4 is 34.4 Å². The molecule has 0 N–H and O–H groups in total. The third-order valence-corrected chi connectivity index (χ3v) is 3.09. The average Bonchev–Trinajstić information content (AvgIpc) is 2.82. The summed E-state index contributed by atoms with van der Waals surface area (Å²) in [6.07, 6.45) is 1.62.